The molecular weight excluding hydrogens is 316 g/mol. The number of alkyl halides is 2. The predicted molar refractivity (Wildman–Crippen MR) is 84.0 cm³/mol. The highest BCUT2D eigenvalue weighted by molar-refractivity contribution is 5.90. The smallest absolute Gasteiger partial charge is 0.341 e. The molecule has 124 valence electrons. The molecule has 1 aromatic carbocycles. The summed E-state index contributed by atoms with van der Waals surface area (Å²) >= 11 is 0. The number of carbonyl (C=O) groups is 1. The zero-order valence-corrected chi connectivity index (χ0v) is 12.9. The summed E-state index contributed by atoms with van der Waals surface area (Å²) in [7, 11) is 0. The first-order valence-corrected chi connectivity index (χ1v) is 7.45. The van der Waals surface area contributed by atoms with Gasteiger partial charge in [-0.3, -0.25) is 9.67 Å². The van der Waals surface area contributed by atoms with Gasteiger partial charge in [0.1, 0.15) is 11.3 Å². The van der Waals surface area contributed by atoms with E-state index in [-0.39, 0.29) is 18.7 Å². The molecule has 3 aromatic rings. The topological polar surface area (TPSA) is 57.0 Å². The van der Waals surface area contributed by atoms with Crippen molar-refractivity contribution in [3.8, 4) is 0 Å². The number of halogens is 2. The molecule has 0 radical (unpaired) electrons. The van der Waals surface area contributed by atoms with E-state index in [1.54, 1.807) is 19.2 Å². The number of rotatable bonds is 5. The van der Waals surface area contributed by atoms with Crippen LogP contribution >= 0.6 is 0 Å². The Balaban J connectivity index is 2.02. The summed E-state index contributed by atoms with van der Waals surface area (Å²) in [5, 5.41) is 4.86. The molecule has 0 unspecified atom stereocenters. The Morgan fingerprint density at radius 3 is 2.83 bits per heavy atom. The molecule has 0 saturated carbocycles. The number of para-hydroxylation sites is 1. The molecule has 0 amide bonds. The van der Waals surface area contributed by atoms with E-state index in [1.165, 1.54) is 0 Å². The molecule has 0 N–H and O–H groups in total. The van der Waals surface area contributed by atoms with E-state index in [1.807, 2.05) is 24.3 Å². The number of fused-ring (bicyclic) bond motifs is 1. The SMILES string of the molecule is CCOC(=O)c1cnn(Cc2cccc3cccnc23)c1C(F)F. The van der Waals surface area contributed by atoms with Crippen molar-refractivity contribution in [2.75, 3.05) is 6.61 Å². The van der Waals surface area contributed by atoms with E-state index in [9.17, 15) is 13.6 Å². The number of ether oxygens (including phenoxy) is 1. The van der Waals surface area contributed by atoms with Crippen LogP contribution in [0.3, 0.4) is 0 Å². The molecule has 0 aliphatic rings. The standard InChI is InChI=1S/C17H15F2N3O2/c1-2-24-17(23)13-9-21-22(15(13)16(18)19)10-12-6-3-5-11-7-4-8-20-14(11)12/h3-9,16H,2,10H2,1H3. The summed E-state index contributed by atoms with van der Waals surface area (Å²) in [6.07, 6.45) is -0.0692. The van der Waals surface area contributed by atoms with Crippen LogP contribution in [-0.4, -0.2) is 27.3 Å². The van der Waals surface area contributed by atoms with Crippen molar-refractivity contribution in [3.63, 3.8) is 0 Å². The van der Waals surface area contributed by atoms with Crippen LogP contribution in [0, 0.1) is 0 Å². The zero-order valence-electron chi connectivity index (χ0n) is 12.9. The van der Waals surface area contributed by atoms with Crippen molar-refractivity contribution in [2.24, 2.45) is 0 Å². The number of carbonyl (C=O) groups excluding carboxylic acids is 1. The Kier molecular flexibility index (Phi) is 4.50. The Morgan fingerprint density at radius 1 is 1.29 bits per heavy atom. The fourth-order valence-electron chi connectivity index (χ4n) is 2.57. The van der Waals surface area contributed by atoms with Gasteiger partial charge in [0.15, 0.2) is 0 Å². The maximum absolute atomic E-state index is 13.5. The highest BCUT2D eigenvalue weighted by Crippen LogP contribution is 2.25. The molecule has 3 rings (SSSR count). The second-order valence-corrected chi connectivity index (χ2v) is 5.11. The van der Waals surface area contributed by atoms with Crippen LogP contribution < -0.4 is 0 Å². The van der Waals surface area contributed by atoms with Crippen LogP contribution in [0.1, 0.15) is 35.0 Å². The zero-order chi connectivity index (χ0) is 17.1. The van der Waals surface area contributed by atoms with Crippen LogP contribution in [-0.2, 0) is 11.3 Å². The lowest BCUT2D eigenvalue weighted by Crippen LogP contribution is -2.12. The molecule has 0 spiro atoms. The van der Waals surface area contributed by atoms with E-state index in [0.717, 1.165) is 21.8 Å². The van der Waals surface area contributed by atoms with E-state index in [0.29, 0.717) is 5.52 Å². The minimum atomic E-state index is -2.84. The highest BCUT2D eigenvalue weighted by Gasteiger charge is 2.25. The van der Waals surface area contributed by atoms with Crippen molar-refractivity contribution in [1.29, 1.82) is 0 Å². The predicted octanol–water partition coefficient (Wildman–Crippen LogP) is 3.59. The van der Waals surface area contributed by atoms with Crippen molar-refractivity contribution >= 4 is 16.9 Å². The second kappa shape index (κ2) is 6.74. The minimum Gasteiger partial charge on any atom is -0.462 e. The van der Waals surface area contributed by atoms with E-state index in [4.69, 9.17) is 4.74 Å². The molecule has 0 saturated heterocycles. The Hall–Kier alpha value is -2.83. The number of nitrogens with zero attached hydrogens (tertiary/aromatic N) is 3. The molecule has 2 heterocycles. The quantitative estimate of drug-likeness (QED) is 0.670. The summed E-state index contributed by atoms with van der Waals surface area (Å²) in [6.45, 7) is 1.82. The van der Waals surface area contributed by atoms with Crippen LogP contribution in [0.15, 0.2) is 42.7 Å². The fraction of sp³-hybridized carbons (Fsp3) is 0.235. The van der Waals surface area contributed by atoms with Gasteiger partial charge in [0, 0.05) is 11.6 Å². The summed E-state index contributed by atoms with van der Waals surface area (Å²) in [6, 6.07) is 9.23. The molecule has 0 atom stereocenters. The van der Waals surface area contributed by atoms with Gasteiger partial charge in [-0.2, -0.15) is 5.10 Å². The van der Waals surface area contributed by atoms with Crippen molar-refractivity contribution in [1.82, 2.24) is 14.8 Å². The monoisotopic (exact) mass is 331 g/mol. The van der Waals surface area contributed by atoms with E-state index in [2.05, 4.69) is 10.1 Å². The van der Waals surface area contributed by atoms with Crippen LogP contribution in [0.4, 0.5) is 8.78 Å². The maximum atomic E-state index is 13.5. The molecule has 2 aromatic heterocycles. The summed E-state index contributed by atoms with van der Waals surface area (Å²) < 4.78 is 32.8. The van der Waals surface area contributed by atoms with Crippen LogP contribution in [0.25, 0.3) is 10.9 Å². The fourth-order valence-corrected chi connectivity index (χ4v) is 2.57. The average Bonchev–Trinajstić information content (AvgIpc) is 2.99. The number of hydrogen-bond donors (Lipinski definition) is 0. The van der Waals surface area contributed by atoms with Gasteiger partial charge in [-0.1, -0.05) is 24.3 Å². The van der Waals surface area contributed by atoms with Gasteiger partial charge < -0.3 is 4.74 Å². The third-order valence-electron chi connectivity index (χ3n) is 3.62. The number of pyridine rings is 1. The van der Waals surface area contributed by atoms with Gasteiger partial charge in [-0.05, 0) is 18.6 Å². The van der Waals surface area contributed by atoms with Gasteiger partial charge in [0.2, 0.25) is 0 Å². The first-order valence-electron chi connectivity index (χ1n) is 7.45. The maximum Gasteiger partial charge on any atom is 0.341 e. The molecule has 0 fully saturated rings. The molecule has 7 heteroatoms. The highest BCUT2D eigenvalue weighted by atomic mass is 19.3. The number of benzene rings is 1. The second-order valence-electron chi connectivity index (χ2n) is 5.11. The Bertz CT molecular complexity index is 872. The summed E-state index contributed by atoms with van der Waals surface area (Å²) in [4.78, 5) is 16.1. The van der Waals surface area contributed by atoms with Crippen molar-refractivity contribution in [2.45, 2.75) is 19.9 Å². The summed E-state index contributed by atoms with van der Waals surface area (Å²) in [5.41, 5.74) is 0.809. The van der Waals surface area contributed by atoms with Gasteiger partial charge in [0.25, 0.3) is 6.43 Å². The lowest BCUT2D eigenvalue weighted by molar-refractivity contribution is 0.0513. The van der Waals surface area contributed by atoms with Gasteiger partial charge in [-0.25, -0.2) is 13.6 Å². The number of esters is 1. The van der Waals surface area contributed by atoms with Gasteiger partial charge in [0.05, 0.1) is 24.9 Å². The van der Waals surface area contributed by atoms with Crippen LogP contribution in [0.2, 0.25) is 0 Å². The lowest BCUT2D eigenvalue weighted by Gasteiger charge is -2.10. The first kappa shape index (κ1) is 16.0. The molecular formula is C17H15F2N3O2. The molecule has 0 aliphatic carbocycles. The largest absolute Gasteiger partial charge is 0.462 e. The third kappa shape index (κ3) is 2.97. The molecule has 5 nitrogen and oxygen atoms in total. The average molecular weight is 331 g/mol. The molecule has 0 bridgehead atoms. The number of aromatic nitrogens is 3. The van der Waals surface area contributed by atoms with Gasteiger partial charge >= 0.3 is 5.97 Å². The van der Waals surface area contributed by atoms with Gasteiger partial charge in [-0.15, -0.1) is 0 Å². The Morgan fingerprint density at radius 2 is 2.08 bits per heavy atom. The lowest BCUT2D eigenvalue weighted by atomic mass is 10.1. The molecule has 0 aliphatic heterocycles. The minimum absolute atomic E-state index is 0.0907. The van der Waals surface area contributed by atoms with Crippen molar-refractivity contribution in [3.05, 3.63) is 59.5 Å². The van der Waals surface area contributed by atoms with E-state index >= 15 is 0 Å². The number of hydrogen-bond acceptors (Lipinski definition) is 4. The first-order chi connectivity index (χ1) is 11.6. The normalized spacial score (nSPS) is 11.2. The van der Waals surface area contributed by atoms with Crippen molar-refractivity contribution < 1.29 is 18.3 Å². The molecule has 24 heavy (non-hydrogen) atoms. The third-order valence-corrected chi connectivity index (χ3v) is 3.62. The van der Waals surface area contributed by atoms with E-state index < -0.39 is 18.1 Å². The summed E-state index contributed by atoms with van der Waals surface area (Å²) in [5.74, 6) is -0.796. The Labute approximate surface area is 136 Å². The van der Waals surface area contributed by atoms with Crippen LogP contribution in [0.5, 0.6) is 0 Å².